The van der Waals surface area contributed by atoms with Gasteiger partial charge in [-0.1, -0.05) is 258 Å². The lowest BCUT2D eigenvalue weighted by Crippen LogP contribution is -2.69. The molecule has 0 aromatic heterocycles. The number of hydrogen-bond donors (Lipinski definition) is 11. The Morgan fingerprint density at radius 1 is 0.384 bits per heavy atom. The fourth-order valence-electron chi connectivity index (χ4n) is 12.9. The number of hydrogen-bond acceptors (Lipinski definition) is 23. The Balaban J connectivity index is 1.72. The van der Waals surface area contributed by atoms with Crippen LogP contribution in [0.1, 0.15) is 310 Å². The van der Waals surface area contributed by atoms with Gasteiger partial charge in [-0.3, -0.25) is 23.4 Å². The van der Waals surface area contributed by atoms with Gasteiger partial charge in [0, 0.05) is 19.3 Å². The first-order valence-electron chi connectivity index (χ1n) is 39.0. The molecule has 2 heterocycles. The van der Waals surface area contributed by atoms with Crippen LogP contribution in [0.25, 0.3) is 0 Å². The zero-order valence-electron chi connectivity index (χ0n) is 60.8. The molecule has 1 saturated carbocycles. The largest absolute Gasteiger partial charge is 0.472 e. The number of allylic oxidation sites excluding steroid dienone is 2. The molecule has 18 unspecified atom stereocenters. The van der Waals surface area contributed by atoms with Gasteiger partial charge in [-0.25, -0.2) is 4.57 Å². The fourth-order valence-corrected chi connectivity index (χ4v) is 13.9. The summed E-state index contributed by atoms with van der Waals surface area (Å²) >= 11 is 0. The van der Waals surface area contributed by atoms with Crippen LogP contribution in [0.2, 0.25) is 0 Å². The Bertz CT molecular complexity index is 2090. The summed E-state index contributed by atoms with van der Waals surface area (Å²) in [5.41, 5.74) is 0. The molecule has 3 rings (SSSR count). The lowest BCUT2D eigenvalue weighted by molar-refractivity contribution is -0.360. The molecule has 2 aliphatic heterocycles. The lowest BCUT2D eigenvalue weighted by atomic mass is 9.84. The van der Waals surface area contributed by atoms with E-state index in [0.29, 0.717) is 19.3 Å². The number of rotatable bonds is 61. The van der Waals surface area contributed by atoms with E-state index in [-0.39, 0.29) is 19.3 Å². The number of carbonyl (C=O) groups is 3. The quantitative estimate of drug-likeness (QED) is 0.00886. The third kappa shape index (κ3) is 39.0. The monoisotopic (exact) mass is 1440 g/mol. The van der Waals surface area contributed by atoms with Crippen molar-refractivity contribution in [1.82, 2.24) is 0 Å². The van der Waals surface area contributed by atoms with E-state index in [9.17, 15) is 74.9 Å². The van der Waals surface area contributed by atoms with Gasteiger partial charge in [0.25, 0.3) is 0 Å². The van der Waals surface area contributed by atoms with E-state index in [1.807, 2.05) is 0 Å². The highest BCUT2D eigenvalue weighted by molar-refractivity contribution is 7.47. The maximum Gasteiger partial charge on any atom is 0.472 e. The van der Waals surface area contributed by atoms with Crippen LogP contribution in [0.4, 0.5) is 0 Å². The summed E-state index contributed by atoms with van der Waals surface area (Å²) in [7, 11) is -5.70. The van der Waals surface area contributed by atoms with Crippen molar-refractivity contribution in [2.45, 2.75) is 414 Å². The highest BCUT2D eigenvalue weighted by Gasteiger charge is 2.58. The molecule has 1 aliphatic carbocycles. The smallest absolute Gasteiger partial charge is 0.463 e. The summed E-state index contributed by atoms with van der Waals surface area (Å²) in [5, 5.41) is 110. The molecule has 0 bridgehead atoms. The Morgan fingerprint density at radius 3 is 1.10 bits per heavy atom. The molecule has 3 aliphatic rings. The molecule has 0 aromatic rings. The van der Waals surface area contributed by atoms with Gasteiger partial charge in [-0.05, 0) is 44.9 Å². The van der Waals surface area contributed by atoms with Crippen LogP contribution in [0.3, 0.4) is 0 Å². The molecule has 99 heavy (non-hydrogen) atoms. The van der Waals surface area contributed by atoms with Gasteiger partial charge < -0.3 is 89.1 Å². The number of unbranched alkanes of at least 4 members (excludes halogenated alkanes) is 38. The molecule has 11 N–H and O–H groups in total. The zero-order chi connectivity index (χ0) is 72.5. The number of ether oxygens (including phenoxy) is 7. The minimum Gasteiger partial charge on any atom is -0.463 e. The zero-order valence-corrected chi connectivity index (χ0v) is 61.7. The third-order valence-electron chi connectivity index (χ3n) is 19.3. The Labute approximate surface area is 592 Å². The first kappa shape index (κ1) is 90.9. The molecule has 3 fully saturated rings. The summed E-state index contributed by atoms with van der Waals surface area (Å²) in [6.07, 6.45) is 15.5. The SMILES string of the molecule is CCCCCCCC/C=C\CCCCCC(=O)OCC1OC(OC2C(O)C(O)C(O)C(OC3OC(CO)C(O)C(O)C3O)C2OP(=O)(O)OCC(COC(=O)CCCCCCCCCCCCCCCCCCC)OC(=O)CCCCCCCCCCCCCCCC)C(O)C(O)C1O. The van der Waals surface area contributed by atoms with Gasteiger partial charge in [0.05, 0.1) is 13.2 Å². The fraction of sp³-hybridized carbons (Fsp3) is 0.932. The van der Waals surface area contributed by atoms with Crippen molar-refractivity contribution in [2.75, 3.05) is 26.4 Å². The van der Waals surface area contributed by atoms with Crippen LogP contribution in [-0.4, -0.2) is 204 Å². The first-order valence-corrected chi connectivity index (χ1v) is 40.5. The van der Waals surface area contributed by atoms with Crippen molar-refractivity contribution in [1.29, 1.82) is 0 Å². The van der Waals surface area contributed by atoms with Crippen LogP contribution < -0.4 is 0 Å². The Kier molecular flexibility index (Phi) is 51.5. The van der Waals surface area contributed by atoms with Gasteiger partial charge in [0.1, 0.15) is 98.7 Å². The Hall–Kier alpha value is -2.30. The highest BCUT2D eigenvalue weighted by Crippen LogP contribution is 2.49. The van der Waals surface area contributed by atoms with Crippen molar-refractivity contribution in [3.63, 3.8) is 0 Å². The average molecular weight is 1440 g/mol. The molecule has 24 nitrogen and oxygen atoms in total. The minimum atomic E-state index is -5.70. The van der Waals surface area contributed by atoms with E-state index in [1.54, 1.807) is 0 Å². The van der Waals surface area contributed by atoms with E-state index < -0.39 is 156 Å². The van der Waals surface area contributed by atoms with Gasteiger partial charge in [0.2, 0.25) is 0 Å². The first-order chi connectivity index (χ1) is 47.8. The third-order valence-corrected chi connectivity index (χ3v) is 20.3. The number of esters is 3. The summed E-state index contributed by atoms with van der Waals surface area (Å²) in [6.45, 7) is 3.46. The number of aliphatic hydroxyl groups excluding tert-OH is 10. The van der Waals surface area contributed by atoms with Gasteiger partial charge >= 0.3 is 25.7 Å². The molecule has 0 radical (unpaired) electrons. The van der Waals surface area contributed by atoms with Crippen molar-refractivity contribution in [3.8, 4) is 0 Å². The summed E-state index contributed by atoms with van der Waals surface area (Å²) in [4.78, 5) is 51.0. The van der Waals surface area contributed by atoms with Gasteiger partial charge in [0.15, 0.2) is 18.7 Å². The standard InChI is InChI=1S/C74H137O24P/c1-4-7-10-13-16-19-22-25-27-28-29-32-34-36-39-42-45-48-58(76)90-52-55(93-60(78)50-47-44-41-38-35-31-26-23-20-17-14-11-8-5-2)53-92-99(88,89)98-72-70(96-73-68(86)63(81)61(79)56(51-75)94-73)66(84)65(83)67(85)71(72)97-74-69(87)64(82)62(80)57(95-74)54-91-59(77)49-46-43-40-37-33-30-24-21-18-15-12-9-6-3/h30,33,55-57,61-75,79-87H,4-29,31-32,34-54H2,1-3H3,(H,88,89)/b33-30-. The van der Waals surface area contributed by atoms with Crippen LogP contribution in [0.15, 0.2) is 12.2 Å². The van der Waals surface area contributed by atoms with Crippen LogP contribution in [0, 0.1) is 0 Å². The van der Waals surface area contributed by atoms with Gasteiger partial charge in [-0.15, -0.1) is 0 Å². The van der Waals surface area contributed by atoms with Crippen LogP contribution >= 0.6 is 7.82 Å². The van der Waals surface area contributed by atoms with E-state index in [1.165, 1.54) is 161 Å². The van der Waals surface area contributed by atoms with Crippen molar-refractivity contribution in [2.24, 2.45) is 0 Å². The van der Waals surface area contributed by atoms with E-state index >= 15 is 0 Å². The van der Waals surface area contributed by atoms with Gasteiger partial charge in [-0.2, -0.15) is 0 Å². The molecule has 2 saturated heterocycles. The summed E-state index contributed by atoms with van der Waals surface area (Å²) in [5.74, 6) is -1.99. The van der Waals surface area contributed by atoms with Crippen LogP contribution in [0.5, 0.6) is 0 Å². The average Bonchev–Trinajstić information content (AvgIpc) is 0.762. The summed E-state index contributed by atoms with van der Waals surface area (Å²) in [6, 6.07) is 0. The Morgan fingerprint density at radius 2 is 0.707 bits per heavy atom. The van der Waals surface area contributed by atoms with E-state index in [4.69, 9.17) is 42.2 Å². The number of phosphoric acid groups is 1. The van der Waals surface area contributed by atoms with Crippen molar-refractivity contribution >= 4 is 25.7 Å². The molecular weight excluding hydrogens is 1300 g/mol. The maximum absolute atomic E-state index is 14.3. The molecule has 0 amide bonds. The molecule has 0 spiro atoms. The second kappa shape index (κ2) is 56.1. The number of aliphatic hydroxyl groups is 10. The summed E-state index contributed by atoms with van der Waals surface area (Å²) < 4.78 is 65.1. The number of phosphoric ester groups is 1. The minimum absolute atomic E-state index is 0.00944. The maximum atomic E-state index is 14.3. The lowest BCUT2D eigenvalue weighted by Gasteiger charge is -2.49. The second-order valence-electron chi connectivity index (χ2n) is 28.1. The predicted octanol–water partition coefficient (Wildman–Crippen LogP) is 11.1. The number of carbonyl (C=O) groups excluding carboxylic acids is 3. The predicted molar refractivity (Wildman–Crippen MR) is 375 cm³/mol. The van der Waals surface area contributed by atoms with E-state index in [0.717, 1.165) is 89.9 Å². The molecule has 18 atom stereocenters. The topological polar surface area (TPSA) is 374 Å². The van der Waals surface area contributed by atoms with Crippen molar-refractivity contribution < 1.29 is 117 Å². The van der Waals surface area contributed by atoms with Crippen molar-refractivity contribution in [3.05, 3.63) is 12.2 Å². The molecule has 25 heteroatoms. The normalized spacial score (nSPS) is 27.5. The molecule has 582 valence electrons. The van der Waals surface area contributed by atoms with E-state index in [2.05, 4.69) is 32.9 Å². The van der Waals surface area contributed by atoms with Crippen LogP contribution in [-0.2, 0) is 61.2 Å². The highest BCUT2D eigenvalue weighted by atomic mass is 31.2. The molecular formula is C74H137O24P. The second-order valence-corrected chi connectivity index (χ2v) is 29.5. The molecule has 0 aromatic carbocycles.